The average Bonchev–Trinajstić information content (AvgIpc) is 2.29. The van der Waals surface area contributed by atoms with Crippen molar-refractivity contribution in [3.8, 4) is 0 Å². The van der Waals surface area contributed by atoms with Crippen LogP contribution in [0.5, 0.6) is 0 Å². The van der Waals surface area contributed by atoms with E-state index in [1.165, 1.54) is 44.9 Å². The van der Waals surface area contributed by atoms with Crippen LogP contribution in [0.3, 0.4) is 0 Å². The van der Waals surface area contributed by atoms with Crippen molar-refractivity contribution in [1.29, 1.82) is 0 Å². The van der Waals surface area contributed by atoms with Crippen molar-refractivity contribution in [1.82, 2.24) is 5.32 Å². The summed E-state index contributed by atoms with van der Waals surface area (Å²) in [5.41, 5.74) is -0.254. The predicted molar refractivity (Wildman–Crippen MR) is 84.2 cm³/mol. The Morgan fingerprint density at radius 2 is 1.37 bits per heavy atom. The van der Waals surface area contributed by atoms with Crippen LogP contribution in [-0.2, 0) is 4.79 Å². The molecule has 0 aromatic heterocycles. The van der Waals surface area contributed by atoms with Gasteiger partial charge in [-0.3, -0.25) is 4.79 Å². The first-order valence-electron chi connectivity index (χ1n) is 8.12. The van der Waals surface area contributed by atoms with E-state index in [1.807, 2.05) is 20.8 Å². The summed E-state index contributed by atoms with van der Waals surface area (Å²) in [5, 5.41) is 3.01. The standard InChI is InChI=1S/C17H35NO/c1-15(2)13-11-9-7-6-8-10-12-14-18-16(19)17(3,4)5/h15H,6-14H2,1-5H3,(H,18,19). The molecular weight excluding hydrogens is 234 g/mol. The molecule has 0 spiro atoms. The number of nitrogens with one attached hydrogen (secondary N) is 1. The molecule has 0 aliphatic rings. The molecule has 1 N–H and O–H groups in total. The lowest BCUT2D eigenvalue weighted by Gasteiger charge is -2.17. The fraction of sp³-hybridized carbons (Fsp3) is 0.941. The molecule has 0 aromatic rings. The van der Waals surface area contributed by atoms with Gasteiger partial charge in [-0.2, -0.15) is 0 Å². The lowest BCUT2D eigenvalue weighted by molar-refractivity contribution is -0.128. The molecule has 0 radical (unpaired) electrons. The van der Waals surface area contributed by atoms with E-state index in [1.54, 1.807) is 0 Å². The second-order valence-corrected chi connectivity index (χ2v) is 7.16. The van der Waals surface area contributed by atoms with Crippen molar-refractivity contribution in [2.24, 2.45) is 11.3 Å². The highest BCUT2D eigenvalue weighted by Crippen LogP contribution is 2.13. The number of hydrogen-bond acceptors (Lipinski definition) is 1. The zero-order valence-electron chi connectivity index (χ0n) is 13.8. The van der Waals surface area contributed by atoms with Crippen LogP contribution in [0.25, 0.3) is 0 Å². The Bertz CT molecular complexity index is 228. The maximum absolute atomic E-state index is 11.6. The van der Waals surface area contributed by atoms with Crippen LogP contribution in [0.2, 0.25) is 0 Å². The third-order valence-corrected chi connectivity index (χ3v) is 3.42. The molecular formula is C17H35NO. The number of carbonyl (C=O) groups is 1. The quantitative estimate of drug-likeness (QED) is 0.560. The molecule has 0 bridgehead atoms. The molecule has 2 heteroatoms. The van der Waals surface area contributed by atoms with Gasteiger partial charge in [-0.05, 0) is 12.3 Å². The minimum absolute atomic E-state index is 0.168. The van der Waals surface area contributed by atoms with Crippen LogP contribution in [0.1, 0.15) is 86.0 Å². The van der Waals surface area contributed by atoms with E-state index in [0.717, 1.165) is 18.9 Å². The molecule has 0 atom stereocenters. The van der Waals surface area contributed by atoms with E-state index < -0.39 is 0 Å². The van der Waals surface area contributed by atoms with Crippen LogP contribution >= 0.6 is 0 Å². The molecule has 1 amide bonds. The van der Waals surface area contributed by atoms with Gasteiger partial charge in [0.05, 0.1) is 0 Å². The molecule has 2 nitrogen and oxygen atoms in total. The predicted octanol–water partition coefficient (Wildman–Crippen LogP) is 4.93. The maximum atomic E-state index is 11.6. The van der Waals surface area contributed by atoms with E-state index in [-0.39, 0.29) is 11.3 Å². The highest BCUT2D eigenvalue weighted by Gasteiger charge is 2.19. The van der Waals surface area contributed by atoms with Crippen molar-refractivity contribution < 1.29 is 4.79 Å². The van der Waals surface area contributed by atoms with Crippen molar-refractivity contribution in [3.05, 3.63) is 0 Å². The third-order valence-electron chi connectivity index (χ3n) is 3.42. The molecule has 19 heavy (non-hydrogen) atoms. The number of rotatable bonds is 10. The summed E-state index contributed by atoms with van der Waals surface area (Å²) in [7, 11) is 0. The van der Waals surface area contributed by atoms with Crippen molar-refractivity contribution >= 4 is 5.91 Å². The van der Waals surface area contributed by atoms with Crippen LogP contribution < -0.4 is 5.32 Å². The van der Waals surface area contributed by atoms with Gasteiger partial charge < -0.3 is 5.32 Å². The first-order chi connectivity index (χ1) is 8.84. The molecule has 0 saturated heterocycles. The van der Waals surface area contributed by atoms with E-state index in [2.05, 4.69) is 19.2 Å². The molecule has 0 rings (SSSR count). The van der Waals surface area contributed by atoms with Gasteiger partial charge >= 0.3 is 0 Å². The van der Waals surface area contributed by atoms with Crippen LogP contribution in [0.15, 0.2) is 0 Å². The van der Waals surface area contributed by atoms with E-state index >= 15 is 0 Å². The Labute approximate surface area is 120 Å². The highest BCUT2D eigenvalue weighted by molar-refractivity contribution is 5.81. The van der Waals surface area contributed by atoms with Gasteiger partial charge in [-0.1, -0.05) is 79.6 Å². The number of amides is 1. The number of unbranched alkanes of at least 4 members (excludes halogenated alkanes) is 6. The second-order valence-electron chi connectivity index (χ2n) is 7.16. The minimum Gasteiger partial charge on any atom is -0.356 e. The van der Waals surface area contributed by atoms with Gasteiger partial charge in [0.1, 0.15) is 0 Å². The Hall–Kier alpha value is -0.530. The van der Waals surface area contributed by atoms with Crippen molar-refractivity contribution in [2.75, 3.05) is 6.54 Å². The van der Waals surface area contributed by atoms with E-state index in [4.69, 9.17) is 0 Å². The van der Waals surface area contributed by atoms with Gasteiger partial charge in [0.2, 0.25) is 5.91 Å². The van der Waals surface area contributed by atoms with Crippen LogP contribution in [-0.4, -0.2) is 12.5 Å². The summed E-state index contributed by atoms with van der Waals surface area (Å²) >= 11 is 0. The SMILES string of the molecule is CC(C)CCCCCCCCCNC(=O)C(C)(C)C. The number of hydrogen-bond donors (Lipinski definition) is 1. The van der Waals surface area contributed by atoms with Gasteiger partial charge in [0.15, 0.2) is 0 Å². The molecule has 0 aliphatic carbocycles. The third kappa shape index (κ3) is 12.3. The van der Waals surface area contributed by atoms with E-state index in [0.29, 0.717) is 0 Å². The van der Waals surface area contributed by atoms with Crippen LogP contribution in [0.4, 0.5) is 0 Å². The van der Waals surface area contributed by atoms with Gasteiger partial charge in [-0.15, -0.1) is 0 Å². The lowest BCUT2D eigenvalue weighted by atomic mass is 9.95. The monoisotopic (exact) mass is 269 g/mol. The van der Waals surface area contributed by atoms with Crippen molar-refractivity contribution in [2.45, 2.75) is 86.0 Å². The average molecular weight is 269 g/mol. The van der Waals surface area contributed by atoms with Gasteiger partial charge in [0.25, 0.3) is 0 Å². The Balaban J connectivity index is 3.22. The van der Waals surface area contributed by atoms with E-state index in [9.17, 15) is 4.79 Å². The zero-order chi connectivity index (χ0) is 14.7. The maximum Gasteiger partial charge on any atom is 0.225 e. The smallest absolute Gasteiger partial charge is 0.225 e. The molecule has 0 saturated carbocycles. The fourth-order valence-electron chi connectivity index (χ4n) is 2.03. The Kier molecular flexibility index (Phi) is 9.99. The molecule has 0 aromatic carbocycles. The molecule has 0 heterocycles. The summed E-state index contributed by atoms with van der Waals surface area (Å²) in [5.74, 6) is 1.02. The van der Waals surface area contributed by atoms with Crippen LogP contribution in [0, 0.1) is 11.3 Å². The zero-order valence-corrected chi connectivity index (χ0v) is 13.8. The molecule has 0 unspecified atom stereocenters. The topological polar surface area (TPSA) is 29.1 Å². The second kappa shape index (κ2) is 10.3. The van der Waals surface area contributed by atoms with Crippen molar-refractivity contribution in [3.63, 3.8) is 0 Å². The summed E-state index contributed by atoms with van der Waals surface area (Å²) < 4.78 is 0. The fourth-order valence-corrected chi connectivity index (χ4v) is 2.03. The molecule has 114 valence electrons. The lowest BCUT2D eigenvalue weighted by Crippen LogP contribution is -2.35. The summed E-state index contributed by atoms with van der Waals surface area (Å²) in [6.45, 7) is 11.3. The molecule has 0 aliphatic heterocycles. The van der Waals surface area contributed by atoms with Gasteiger partial charge in [0, 0.05) is 12.0 Å². The Morgan fingerprint density at radius 1 is 0.895 bits per heavy atom. The summed E-state index contributed by atoms with van der Waals surface area (Å²) in [6, 6.07) is 0. The first-order valence-corrected chi connectivity index (χ1v) is 8.12. The Morgan fingerprint density at radius 3 is 1.84 bits per heavy atom. The first kappa shape index (κ1) is 18.5. The highest BCUT2D eigenvalue weighted by atomic mass is 16.2. The normalized spacial score (nSPS) is 11.9. The summed E-state index contributed by atoms with van der Waals surface area (Å²) in [6.07, 6.45) is 10.6. The molecule has 0 fully saturated rings. The largest absolute Gasteiger partial charge is 0.356 e. The minimum atomic E-state index is -0.254. The summed E-state index contributed by atoms with van der Waals surface area (Å²) in [4.78, 5) is 11.6. The number of carbonyl (C=O) groups excluding carboxylic acids is 1. The van der Waals surface area contributed by atoms with Gasteiger partial charge in [-0.25, -0.2) is 0 Å².